The first-order valence-electron chi connectivity index (χ1n) is 13.9. The summed E-state index contributed by atoms with van der Waals surface area (Å²) in [4.78, 5) is 34.5. The van der Waals surface area contributed by atoms with Crippen LogP contribution >= 0.6 is 0 Å². The number of hydrogen-bond donors (Lipinski definition) is 0. The van der Waals surface area contributed by atoms with Gasteiger partial charge in [0.2, 0.25) is 0 Å². The van der Waals surface area contributed by atoms with E-state index in [0.29, 0.717) is 62.2 Å². The van der Waals surface area contributed by atoms with Gasteiger partial charge in [-0.15, -0.1) is 0 Å². The number of aromatic nitrogens is 2. The molecule has 3 heterocycles. The summed E-state index contributed by atoms with van der Waals surface area (Å²) in [5.74, 6) is 0.698. The fraction of sp³-hybridized carbons (Fsp3) is 0.607. The molecule has 2 aliphatic carbocycles. The highest BCUT2D eigenvalue weighted by molar-refractivity contribution is 5.94. The normalized spacial score (nSPS) is 25.9. The molecule has 4 aliphatic rings. The topological polar surface area (TPSA) is 64.9 Å². The lowest BCUT2D eigenvalue weighted by atomic mass is 10.0. The molecule has 3 atom stereocenters. The number of likely N-dealkylation sites (tertiary alicyclic amines) is 1. The summed E-state index contributed by atoms with van der Waals surface area (Å²) >= 11 is 0. The van der Waals surface area contributed by atoms with Crippen molar-refractivity contribution in [3.05, 3.63) is 53.3 Å². The second kappa shape index (κ2) is 10.2. The average Bonchev–Trinajstić information content (AvgIpc) is 3.31. The molecule has 2 amide bonds. The zero-order valence-corrected chi connectivity index (χ0v) is 22.2. The van der Waals surface area contributed by atoms with Crippen LogP contribution in [0.2, 0.25) is 0 Å². The van der Waals surface area contributed by atoms with Crippen molar-refractivity contribution in [1.82, 2.24) is 29.4 Å². The predicted molar refractivity (Wildman–Crippen MR) is 138 cm³/mol. The molecule has 2 aliphatic heterocycles. The van der Waals surface area contributed by atoms with E-state index in [2.05, 4.69) is 14.9 Å². The van der Waals surface area contributed by atoms with Gasteiger partial charge in [0.25, 0.3) is 5.91 Å². The fourth-order valence-electron chi connectivity index (χ4n) is 6.60. The van der Waals surface area contributed by atoms with Crippen molar-refractivity contribution in [2.24, 2.45) is 11.8 Å². The molecule has 0 unspecified atom stereocenters. The molecule has 8 nitrogen and oxygen atoms in total. The first-order chi connectivity index (χ1) is 18.7. The molecule has 2 aromatic rings. The number of fused-ring (bicyclic) bond motifs is 1. The van der Waals surface area contributed by atoms with E-state index >= 15 is 0 Å². The Labute approximate surface area is 226 Å². The number of halogens is 3. The number of amides is 2. The molecule has 210 valence electrons. The number of piperazine rings is 1. The number of nitrogens with zero attached hydrogens (tertiary/aromatic N) is 6. The van der Waals surface area contributed by atoms with Crippen molar-refractivity contribution in [2.75, 3.05) is 46.3 Å². The van der Waals surface area contributed by atoms with Crippen molar-refractivity contribution < 1.29 is 22.8 Å². The van der Waals surface area contributed by atoms with Crippen molar-refractivity contribution in [2.45, 2.75) is 50.5 Å². The van der Waals surface area contributed by atoms with Gasteiger partial charge in [-0.1, -0.05) is 12.1 Å². The van der Waals surface area contributed by atoms with Gasteiger partial charge in [-0.05, 0) is 62.3 Å². The molecule has 1 aromatic heterocycles. The Balaban J connectivity index is 0.990. The molecule has 6 rings (SSSR count). The minimum atomic E-state index is -4.32. The highest BCUT2D eigenvalue weighted by Crippen LogP contribution is 2.40. The Bertz CT molecular complexity index is 1190. The smallest absolute Gasteiger partial charge is 0.336 e. The zero-order valence-electron chi connectivity index (χ0n) is 22.2. The summed E-state index contributed by atoms with van der Waals surface area (Å²) in [7, 11) is 2.01. The lowest BCUT2D eigenvalue weighted by molar-refractivity contribution is -0.137. The molecule has 2 saturated heterocycles. The molecule has 0 spiro atoms. The number of alkyl halides is 3. The molecular weight excluding hydrogens is 509 g/mol. The number of carbonyl (C=O) groups is 2. The number of carbonyl (C=O) groups excluding carboxylic acids is 2. The van der Waals surface area contributed by atoms with Gasteiger partial charge in [-0.2, -0.15) is 23.0 Å². The van der Waals surface area contributed by atoms with E-state index in [4.69, 9.17) is 0 Å². The molecule has 0 N–H and O–H groups in total. The van der Waals surface area contributed by atoms with Crippen LogP contribution in [-0.4, -0.2) is 99.7 Å². The van der Waals surface area contributed by atoms with E-state index in [1.165, 1.54) is 23.7 Å². The van der Waals surface area contributed by atoms with Gasteiger partial charge in [0.1, 0.15) is 0 Å². The molecule has 0 bridgehead atoms. The van der Waals surface area contributed by atoms with Gasteiger partial charge >= 0.3 is 12.2 Å². The van der Waals surface area contributed by atoms with Gasteiger partial charge < -0.3 is 9.80 Å². The van der Waals surface area contributed by atoms with E-state index in [-0.39, 0.29) is 11.9 Å². The number of rotatable bonds is 5. The van der Waals surface area contributed by atoms with Gasteiger partial charge in [0.05, 0.1) is 17.3 Å². The van der Waals surface area contributed by atoms with Gasteiger partial charge in [-0.3, -0.25) is 14.6 Å². The minimum absolute atomic E-state index is 0.0679. The van der Waals surface area contributed by atoms with E-state index in [9.17, 15) is 22.8 Å². The molecule has 39 heavy (non-hydrogen) atoms. The highest BCUT2D eigenvalue weighted by atomic mass is 19.4. The van der Waals surface area contributed by atoms with Crippen LogP contribution in [0.25, 0.3) is 0 Å². The standard InChI is InChI=1S/C28H35F3N6O2/c1-33(15-19-2-4-23(5-3-19)28(29,30)31)25-12-20-16-36(17-21(20)13-25)27(39)37-18-22(14-32-37)26(38)35-10-8-34(9-11-35)24-6-7-24/h2-5,14,18,20-21,24-25H,6-13,15-17H2,1H3/t20-,21+,25-. The fourth-order valence-corrected chi connectivity index (χ4v) is 6.60. The summed E-state index contributed by atoms with van der Waals surface area (Å²) in [6, 6.07) is 6.21. The number of benzene rings is 1. The summed E-state index contributed by atoms with van der Waals surface area (Å²) in [6.07, 6.45) is 3.16. The van der Waals surface area contributed by atoms with Gasteiger partial charge in [0, 0.05) is 64.1 Å². The largest absolute Gasteiger partial charge is 0.416 e. The Hall–Kier alpha value is -2.92. The van der Waals surface area contributed by atoms with Crippen LogP contribution < -0.4 is 0 Å². The first kappa shape index (κ1) is 26.3. The van der Waals surface area contributed by atoms with E-state index < -0.39 is 11.7 Å². The SMILES string of the molecule is CN(Cc1ccc(C(F)(F)F)cc1)[C@@H]1C[C@@H]2CN(C(=O)n3cc(C(=O)N4CCN(C5CC5)CC4)cn3)C[C@@H]2C1. The lowest BCUT2D eigenvalue weighted by Crippen LogP contribution is -2.49. The monoisotopic (exact) mass is 544 g/mol. The maximum absolute atomic E-state index is 13.2. The molecular formula is C28H35F3N6O2. The zero-order chi connectivity index (χ0) is 27.3. The van der Waals surface area contributed by atoms with Crippen molar-refractivity contribution in [1.29, 1.82) is 0 Å². The van der Waals surface area contributed by atoms with Crippen LogP contribution in [0, 0.1) is 11.8 Å². The summed E-state index contributed by atoms with van der Waals surface area (Å²) in [6.45, 7) is 5.11. The van der Waals surface area contributed by atoms with Crippen LogP contribution in [-0.2, 0) is 12.7 Å². The maximum Gasteiger partial charge on any atom is 0.416 e. The quantitative estimate of drug-likeness (QED) is 0.576. The van der Waals surface area contributed by atoms with E-state index in [1.54, 1.807) is 18.3 Å². The van der Waals surface area contributed by atoms with E-state index in [0.717, 1.165) is 43.6 Å². The van der Waals surface area contributed by atoms with Crippen LogP contribution in [0.4, 0.5) is 18.0 Å². The minimum Gasteiger partial charge on any atom is -0.336 e. The van der Waals surface area contributed by atoms with Crippen LogP contribution in [0.3, 0.4) is 0 Å². The Morgan fingerprint density at radius 1 is 0.974 bits per heavy atom. The van der Waals surface area contributed by atoms with E-state index in [1.807, 2.05) is 16.8 Å². The number of hydrogen-bond acceptors (Lipinski definition) is 5. The highest BCUT2D eigenvalue weighted by Gasteiger charge is 2.44. The molecule has 11 heteroatoms. The maximum atomic E-state index is 13.2. The Kier molecular flexibility index (Phi) is 6.91. The summed E-state index contributed by atoms with van der Waals surface area (Å²) < 4.78 is 39.8. The lowest BCUT2D eigenvalue weighted by Gasteiger charge is -2.34. The van der Waals surface area contributed by atoms with Crippen LogP contribution in [0.1, 0.15) is 47.2 Å². The van der Waals surface area contributed by atoms with Crippen LogP contribution in [0.15, 0.2) is 36.7 Å². The van der Waals surface area contributed by atoms with Gasteiger partial charge in [0.15, 0.2) is 0 Å². The molecule has 4 fully saturated rings. The third-order valence-electron chi connectivity index (χ3n) is 9.02. The molecule has 1 aromatic carbocycles. The molecule has 2 saturated carbocycles. The average molecular weight is 545 g/mol. The van der Waals surface area contributed by atoms with Crippen molar-refractivity contribution in [3.63, 3.8) is 0 Å². The predicted octanol–water partition coefficient (Wildman–Crippen LogP) is 3.63. The van der Waals surface area contributed by atoms with Crippen molar-refractivity contribution in [3.8, 4) is 0 Å². The first-order valence-corrected chi connectivity index (χ1v) is 13.9. The Morgan fingerprint density at radius 3 is 2.21 bits per heavy atom. The Morgan fingerprint density at radius 2 is 1.62 bits per heavy atom. The summed E-state index contributed by atoms with van der Waals surface area (Å²) in [5.41, 5.74) is 0.676. The van der Waals surface area contributed by atoms with Crippen molar-refractivity contribution >= 4 is 11.9 Å². The van der Waals surface area contributed by atoms with Gasteiger partial charge in [-0.25, -0.2) is 4.79 Å². The third kappa shape index (κ3) is 5.56. The van der Waals surface area contributed by atoms with Crippen LogP contribution in [0.5, 0.6) is 0 Å². The second-order valence-electron chi connectivity index (χ2n) is 11.7. The second-order valence-corrected chi connectivity index (χ2v) is 11.7. The molecule has 0 radical (unpaired) electrons. The summed E-state index contributed by atoms with van der Waals surface area (Å²) in [5, 5.41) is 4.22. The third-order valence-corrected chi connectivity index (χ3v) is 9.02.